The van der Waals surface area contributed by atoms with E-state index in [0.717, 1.165) is 18.4 Å². The molecule has 1 aliphatic heterocycles. The van der Waals surface area contributed by atoms with E-state index in [-0.39, 0.29) is 29.2 Å². The van der Waals surface area contributed by atoms with E-state index < -0.39 is 17.5 Å². The summed E-state index contributed by atoms with van der Waals surface area (Å²) in [5.74, 6) is -2.85. The number of benzene rings is 3. The van der Waals surface area contributed by atoms with Crippen LogP contribution in [0.15, 0.2) is 54.6 Å². The lowest BCUT2D eigenvalue weighted by Gasteiger charge is -2.29. The van der Waals surface area contributed by atoms with Crippen LogP contribution in [0.4, 0.5) is 13.2 Å². The first-order chi connectivity index (χ1) is 15.9. The number of hydrogen-bond donors (Lipinski definition) is 0. The largest absolute Gasteiger partial charge is 0.352 e. The Labute approximate surface area is 194 Å². The summed E-state index contributed by atoms with van der Waals surface area (Å²) in [5, 5.41) is 0. The monoisotopic (exact) mass is 450 g/mol. The maximum atomic E-state index is 14.9. The van der Waals surface area contributed by atoms with Crippen LogP contribution in [-0.4, -0.2) is 27.4 Å². The maximum absolute atomic E-state index is 14.9. The highest BCUT2D eigenvalue weighted by atomic mass is 19.2. The van der Waals surface area contributed by atoms with Crippen molar-refractivity contribution in [1.82, 2.24) is 0 Å². The second-order valence-corrected chi connectivity index (χ2v) is 8.52. The van der Waals surface area contributed by atoms with Crippen LogP contribution < -0.4 is 0 Å². The Hall–Kier alpha value is -2.57. The number of halogens is 3. The third-order valence-corrected chi connectivity index (χ3v) is 6.07. The number of ether oxygens (including phenoxy) is 2. The first-order valence-corrected chi connectivity index (χ1v) is 11.3. The van der Waals surface area contributed by atoms with E-state index >= 15 is 0 Å². The maximum Gasteiger partial charge on any atom is 0.166 e. The molecule has 1 unspecified atom stereocenters. The molecule has 3 aromatic carbocycles. The molecule has 1 atom stereocenters. The quantitative estimate of drug-likeness (QED) is 0.380. The van der Waals surface area contributed by atoms with E-state index in [2.05, 4.69) is 6.92 Å². The molecule has 33 heavy (non-hydrogen) atoms. The SMILES string of the molecule is [B]C(C)c1ccc(-c2ccc(-c3ccc(C4COC(CCC)OC4)cc3F)cc2)c(F)c1F. The lowest BCUT2D eigenvalue weighted by atomic mass is 9.82. The van der Waals surface area contributed by atoms with Crippen molar-refractivity contribution in [2.75, 3.05) is 13.2 Å². The molecule has 0 spiro atoms. The first kappa shape index (κ1) is 23.6. The highest BCUT2D eigenvalue weighted by Gasteiger charge is 2.24. The van der Waals surface area contributed by atoms with Crippen LogP contribution in [0.2, 0.25) is 0 Å². The van der Waals surface area contributed by atoms with Crippen molar-refractivity contribution in [3.8, 4) is 22.3 Å². The summed E-state index contributed by atoms with van der Waals surface area (Å²) in [6.45, 7) is 4.68. The summed E-state index contributed by atoms with van der Waals surface area (Å²) in [5.41, 5.74) is 2.68. The average molecular weight is 450 g/mol. The Morgan fingerprint density at radius 3 is 2.06 bits per heavy atom. The molecule has 0 aromatic heterocycles. The highest BCUT2D eigenvalue weighted by Crippen LogP contribution is 2.32. The smallest absolute Gasteiger partial charge is 0.166 e. The van der Waals surface area contributed by atoms with Crippen LogP contribution in [0, 0.1) is 17.5 Å². The highest BCUT2D eigenvalue weighted by molar-refractivity contribution is 6.12. The summed E-state index contributed by atoms with van der Waals surface area (Å²) in [4.78, 5) is 0. The van der Waals surface area contributed by atoms with Gasteiger partial charge in [0.2, 0.25) is 0 Å². The lowest BCUT2D eigenvalue weighted by molar-refractivity contribution is -0.189. The van der Waals surface area contributed by atoms with Crippen molar-refractivity contribution in [3.63, 3.8) is 0 Å². The third kappa shape index (κ3) is 5.02. The normalized spacial score (nSPS) is 19.4. The molecule has 0 bridgehead atoms. The molecule has 1 heterocycles. The molecule has 3 aromatic rings. The van der Waals surface area contributed by atoms with Gasteiger partial charge in [-0.25, -0.2) is 13.2 Å². The number of rotatable bonds is 6. The fourth-order valence-electron chi connectivity index (χ4n) is 4.13. The first-order valence-electron chi connectivity index (χ1n) is 11.3. The minimum atomic E-state index is -0.940. The van der Waals surface area contributed by atoms with Crippen molar-refractivity contribution >= 4 is 7.85 Å². The van der Waals surface area contributed by atoms with E-state index in [9.17, 15) is 13.2 Å². The van der Waals surface area contributed by atoms with Gasteiger partial charge in [0.1, 0.15) is 5.82 Å². The van der Waals surface area contributed by atoms with Crippen molar-refractivity contribution in [1.29, 1.82) is 0 Å². The number of hydrogen-bond acceptors (Lipinski definition) is 2. The van der Waals surface area contributed by atoms with Crippen LogP contribution in [0.3, 0.4) is 0 Å². The average Bonchev–Trinajstić information content (AvgIpc) is 2.81. The van der Waals surface area contributed by atoms with Gasteiger partial charge < -0.3 is 9.47 Å². The summed E-state index contributed by atoms with van der Waals surface area (Å²) >= 11 is 0. The van der Waals surface area contributed by atoms with E-state index in [1.54, 1.807) is 37.3 Å². The van der Waals surface area contributed by atoms with Crippen LogP contribution in [-0.2, 0) is 9.47 Å². The van der Waals surface area contributed by atoms with Crippen molar-refractivity contribution in [2.45, 2.75) is 44.7 Å². The van der Waals surface area contributed by atoms with E-state index in [1.165, 1.54) is 18.2 Å². The van der Waals surface area contributed by atoms with E-state index in [1.807, 2.05) is 6.07 Å². The Morgan fingerprint density at radius 2 is 1.48 bits per heavy atom. The summed E-state index contributed by atoms with van der Waals surface area (Å²) < 4.78 is 55.3. The minimum absolute atomic E-state index is 0.0129. The molecular weight excluding hydrogens is 424 g/mol. The fraction of sp³-hybridized carbons (Fsp3) is 0.333. The molecule has 0 N–H and O–H groups in total. The Balaban J connectivity index is 1.52. The molecule has 2 radical (unpaired) electrons. The molecule has 0 amide bonds. The Kier molecular flexibility index (Phi) is 7.25. The lowest BCUT2D eigenvalue weighted by Crippen LogP contribution is -2.30. The molecule has 1 fully saturated rings. The Morgan fingerprint density at radius 1 is 0.879 bits per heavy atom. The topological polar surface area (TPSA) is 18.5 Å². The van der Waals surface area contributed by atoms with Crippen LogP contribution in [0.25, 0.3) is 22.3 Å². The molecular formula is C27H26BF3O2. The van der Waals surface area contributed by atoms with Gasteiger partial charge in [-0.3, -0.25) is 0 Å². The predicted molar refractivity (Wildman–Crippen MR) is 125 cm³/mol. The zero-order valence-corrected chi connectivity index (χ0v) is 18.8. The van der Waals surface area contributed by atoms with Crippen LogP contribution in [0.1, 0.15) is 49.6 Å². The summed E-state index contributed by atoms with van der Waals surface area (Å²) in [6.07, 6.45) is 1.65. The summed E-state index contributed by atoms with van der Waals surface area (Å²) in [7, 11) is 5.69. The van der Waals surface area contributed by atoms with Crippen molar-refractivity contribution in [3.05, 3.63) is 83.2 Å². The van der Waals surface area contributed by atoms with Crippen molar-refractivity contribution < 1.29 is 22.6 Å². The molecule has 2 nitrogen and oxygen atoms in total. The molecule has 0 saturated carbocycles. The third-order valence-electron chi connectivity index (χ3n) is 6.07. The fourth-order valence-corrected chi connectivity index (χ4v) is 4.13. The van der Waals surface area contributed by atoms with Gasteiger partial charge in [-0.15, -0.1) is 0 Å². The van der Waals surface area contributed by atoms with Gasteiger partial charge in [-0.05, 0) is 34.7 Å². The van der Waals surface area contributed by atoms with E-state index in [0.29, 0.717) is 29.9 Å². The molecule has 4 rings (SSSR count). The van der Waals surface area contributed by atoms with Gasteiger partial charge >= 0.3 is 0 Å². The van der Waals surface area contributed by atoms with Crippen molar-refractivity contribution in [2.24, 2.45) is 0 Å². The zero-order chi connectivity index (χ0) is 23.5. The van der Waals surface area contributed by atoms with Crippen LogP contribution in [0.5, 0.6) is 0 Å². The molecule has 170 valence electrons. The van der Waals surface area contributed by atoms with Gasteiger partial charge in [-0.2, -0.15) is 0 Å². The van der Waals surface area contributed by atoms with Gasteiger partial charge in [0.15, 0.2) is 17.9 Å². The Bertz CT molecular complexity index is 1110. The molecule has 6 heteroatoms. The molecule has 1 saturated heterocycles. The predicted octanol–water partition coefficient (Wildman–Crippen LogP) is 6.92. The standard InChI is InChI=1S/C27H26BF3O2/c1-3-4-25-32-14-20(15-33-25)19-9-10-22(24(29)13-19)17-5-7-18(8-6-17)23-12-11-21(16(2)28)26(30)27(23)31/h5-13,16,20,25H,3-4,14-15H2,1-2H3. The minimum Gasteiger partial charge on any atom is -0.352 e. The van der Waals surface area contributed by atoms with Gasteiger partial charge in [-0.1, -0.05) is 74.6 Å². The van der Waals surface area contributed by atoms with Crippen LogP contribution >= 0.6 is 0 Å². The zero-order valence-electron chi connectivity index (χ0n) is 18.8. The summed E-state index contributed by atoms with van der Waals surface area (Å²) in [6, 6.07) is 14.8. The second kappa shape index (κ2) is 10.1. The van der Waals surface area contributed by atoms with Gasteiger partial charge in [0.05, 0.1) is 21.1 Å². The molecule has 1 aliphatic rings. The molecule has 0 aliphatic carbocycles. The van der Waals surface area contributed by atoms with E-state index in [4.69, 9.17) is 17.3 Å². The van der Waals surface area contributed by atoms with Gasteiger partial charge in [0, 0.05) is 17.0 Å². The second-order valence-electron chi connectivity index (χ2n) is 8.52. The van der Waals surface area contributed by atoms with Gasteiger partial charge in [0.25, 0.3) is 0 Å².